The smallest absolute Gasteiger partial charge is 0.314 e. The molecule has 1 atom stereocenters. The Labute approximate surface area is 114 Å². The average molecular weight is 268 g/mol. The van der Waals surface area contributed by atoms with Gasteiger partial charge in [0, 0.05) is 6.54 Å². The van der Waals surface area contributed by atoms with Crippen molar-refractivity contribution in [1.29, 1.82) is 0 Å². The number of nitrogens with zero attached hydrogens (tertiary/aromatic N) is 4. The maximum atomic E-state index is 10.9. The predicted molar refractivity (Wildman–Crippen MR) is 71.9 cm³/mol. The molecule has 0 aromatic carbocycles. The van der Waals surface area contributed by atoms with E-state index in [0.717, 1.165) is 12.8 Å². The van der Waals surface area contributed by atoms with Gasteiger partial charge in [-0.25, -0.2) is 4.68 Å². The third-order valence-electron chi connectivity index (χ3n) is 3.29. The highest BCUT2D eigenvalue weighted by molar-refractivity contribution is 5.74. The number of unbranched alkanes of at least 4 members (excludes halogenated alkanes) is 6. The van der Waals surface area contributed by atoms with Crippen molar-refractivity contribution in [3.63, 3.8) is 0 Å². The Hall–Kier alpha value is -1.46. The van der Waals surface area contributed by atoms with Crippen LogP contribution in [0, 0.1) is 0 Å². The number of aliphatic carboxylic acids is 1. The van der Waals surface area contributed by atoms with E-state index in [9.17, 15) is 4.79 Å². The third kappa shape index (κ3) is 5.36. The molecule has 0 fully saturated rings. The lowest BCUT2D eigenvalue weighted by Crippen LogP contribution is -2.15. The van der Waals surface area contributed by atoms with E-state index in [1.807, 2.05) is 0 Å². The Morgan fingerprint density at radius 1 is 1.21 bits per heavy atom. The van der Waals surface area contributed by atoms with Crippen LogP contribution in [-0.4, -0.2) is 31.3 Å². The molecule has 1 unspecified atom stereocenters. The van der Waals surface area contributed by atoms with E-state index < -0.39 is 11.9 Å². The minimum Gasteiger partial charge on any atom is -0.481 e. The van der Waals surface area contributed by atoms with E-state index in [1.54, 1.807) is 11.6 Å². The molecule has 0 aliphatic heterocycles. The van der Waals surface area contributed by atoms with Gasteiger partial charge in [0.2, 0.25) is 0 Å². The number of aromatic nitrogens is 4. The SMILES string of the molecule is CCCCCCCCCn1nnnc1C(C)C(=O)O. The molecule has 0 saturated carbocycles. The van der Waals surface area contributed by atoms with Gasteiger partial charge in [-0.05, 0) is 23.8 Å². The van der Waals surface area contributed by atoms with Crippen LogP contribution in [0.3, 0.4) is 0 Å². The minimum atomic E-state index is -0.893. The monoisotopic (exact) mass is 268 g/mol. The number of carbonyl (C=O) groups is 1. The van der Waals surface area contributed by atoms with Crippen molar-refractivity contribution in [1.82, 2.24) is 20.2 Å². The van der Waals surface area contributed by atoms with E-state index in [4.69, 9.17) is 5.11 Å². The standard InChI is InChI=1S/C13H24N4O2/c1-3-4-5-6-7-8-9-10-17-12(14-15-16-17)11(2)13(18)19/h11H,3-10H2,1-2H3,(H,18,19). The summed E-state index contributed by atoms with van der Waals surface area (Å²) in [6, 6.07) is 0. The maximum absolute atomic E-state index is 10.9. The van der Waals surface area contributed by atoms with Crippen molar-refractivity contribution in [2.75, 3.05) is 0 Å². The Bertz CT molecular complexity index is 378. The summed E-state index contributed by atoms with van der Waals surface area (Å²) in [5.74, 6) is -1.10. The van der Waals surface area contributed by atoms with Gasteiger partial charge in [0.15, 0.2) is 5.82 Å². The van der Waals surface area contributed by atoms with E-state index in [-0.39, 0.29) is 0 Å². The topological polar surface area (TPSA) is 80.9 Å². The third-order valence-corrected chi connectivity index (χ3v) is 3.29. The molecular weight excluding hydrogens is 244 g/mol. The first-order chi connectivity index (χ1) is 9.16. The Kier molecular flexibility index (Phi) is 7.07. The highest BCUT2D eigenvalue weighted by atomic mass is 16.4. The van der Waals surface area contributed by atoms with Crippen molar-refractivity contribution in [3.05, 3.63) is 5.82 Å². The van der Waals surface area contributed by atoms with E-state index in [1.165, 1.54) is 32.1 Å². The number of tetrazole rings is 1. The van der Waals surface area contributed by atoms with Crippen LogP contribution in [0.5, 0.6) is 0 Å². The zero-order valence-corrected chi connectivity index (χ0v) is 11.9. The average Bonchev–Trinajstić information content (AvgIpc) is 2.85. The molecule has 1 N–H and O–H groups in total. The molecular formula is C13H24N4O2. The normalized spacial score (nSPS) is 12.5. The highest BCUT2D eigenvalue weighted by Crippen LogP contribution is 2.13. The fourth-order valence-corrected chi connectivity index (χ4v) is 2.01. The summed E-state index contributed by atoms with van der Waals surface area (Å²) >= 11 is 0. The predicted octanol–water partition coefficient (Wildman–Crippen LogP) is 2.61. The number of hydrogen-bond donors (Lipinski definition) is 1. The summed E-state index contributed by atoms with van der Waals surface area (Å²) < 4.78 is 1.62. The Morgan fingerprint density at radius 3 is 2.47 bits per heavy atom. The Balaban J connectivity index is 2.26. The second kappa shape index (κ2) is 8.61. The number of carboxylic acids is 1. The molecule has 0 bridgehead atoms. The molecule has 6 heteroatoms. The van der Waals surface area contributed by atoms with Crippen LogP contribution in [-0.2, 0) is 11.3 Å². The van der Waals surface area contributed by atoms with Crippen LogP contribution < -0.4 is 0 Å². The van der Waals surface area contributed by atoms with Crippen molar-refractivity contribution in [2.24, 2.45) is 0 Å². The molecule has 19 heavy (non-hydrogen) atoms. The number of carboxylic acid groups (broad SMARTS) is 1. The first-order valence-corrected chi connectivity index (χ1v) is 7.15. The van der Waals surface area contributed by atoms with Crippen molar-refractivity contribution in [2.45, 2.75) is 71.3 Å². The summed E-state index contributed by atoms with van der Waals surface area (Å²) in [6.07, 6.45) is 8.53. The van der Waals surface area contributed by atoms with Gasteiger partial charge in [0.05, 0.1) is 0 Å². The van der Waals surface area contributed by atoms with Crippen LogP contribution in [0.15, 0.2) is 0 Å². The number of rotatable bonds is 10. The maximum Gasteiger partial charge on any atom is 0.314 e. The van der Waals surface area contributed by atoms with E-state index in [2.05, 4.69) is 22.4 Å². The van der Waals surface area contributed by atoms with Gasteiger partial charge in [-0.15, -0.1) is 5.10 Å². The van der Waals surface area contributed by atoms with Crippen LogP contribution in [0.25, 0.3) is 0 Å². The molecule has 6 nitrogen and oxygen atoms in total. The minimum absolute atomic E-state index is 0.443. The highest BCUT2D eigenvalue weighted by Gasteiger charge is 2.20. The van der Waals surface area contributed by atoms with E-state index in [0.29, 0.717) is 12.4 Å². The van der Waals surface area contributed by atoms with Gasteiger partial charge in [-0.2, -0.15) is 0 Å². The van der Waals surface area contributed by atoms with Crippen molar-refractivity contribution < 1.29 is 9.90 Å². The fraction of sp³-hybridized carbons (Fsp3) is 0.846. The summed E-state index contributed by atoms with van der Waals surface area (Å²) in [7, 11) is 0. The Morgan fingerprint density at radius 2 is 1.84 bits per heavy atom. The number of aryl methyl sites for hydroxylation is 1. The molecule has 1 aromatic rings. The van der Waals surface area contributed by atoms with Gasteiger partial charge in [-0.1, -0.05) is 45.4 Å². The van der Waals surface area contributed by atoms with Gasteiger partial charge in [0.1, 0.15) is 5.92 Å². The summed E-state index contributed by atoms with van der Waals surface area (Å²) in [6.45, 7) is 4.52. The van der Waals surface area contributed by atoms with Gasteiger partial charge >= 0.3 is 5.97 Å². The van der Waals surface area contributed by atoms with Crippen LogP contribution in [0.2, 0.25) is 0 Å². The van der Waals surface area contributed by atoms with Crippen LogP contribution in [0.1, 0.15) is 70.5 Å². The molecule has 1 aromatic heterocycles. The zero-order valence-electron chi connectivity index (χ0n) is 11.9. The second-order valence-corrected chi connectivity index (χ2v) is 4.94. The largest absolute Gasteiger partial charge is 0.481 e. The molecule has 1 rings (SSSR count). The van der Waals surface area contributed by atoms with Crippen molar-refractivity contribution in [3.8, 4) is 0 Å². The van der Waals surface area contributed by atoms with Crippen LogP contribution in [0.4, 0.5) is 0 Å². The van der Waals surface area contributed by atoms with Gasteiger partial charge in [0.25, 0.3) is 0 Å². The van der Waals surface area contributed by atoms with Gasteiger partial charge < -0.3 is 5.11 Å². The first kappa shape index (κ1) is 15.6. The molecule has 0 amide bonds. The molecule has 1 heterocycles. The second-order valence-electron chi connectivity index (χ2n) is 4.94. The molecule has 0 aliphatic carbocycles. The van der Waals surface area contributed by atoms with E-state index >= 15 is 0 Å². The number of hydrogen-bond acceptors (Lipinski definition) is 4. The molecule has 0 aliphatic rings. The first-order valence-electron chi connectivity index (χ1n) is 7.15. The van der Waals surface area contributed by atoms with Gasteiger partial charge in [-0.3, -0.25) is 4.79 Å². The lowest BCUT2D eigenvalue weighted by Gasteiger charge is -2.07. The lowest BCUT2D eigenvalue weighted by atomic mass is 10.1. The summed E-state index contributed by atoms with van der Waals surface area (Å²) in [4.78, 5) is 10.9. The molecule has 108 valence electrons. The molecule has 0 spiro atoms. The summed E-state index contributed by atoms with van der Waals surface area (Å²) in [5.41, 5.74) is 0. The summed E-state index contributed by atoms with van der Waals surface area (Å²) in [5, 5.41) is 20.2. The zero-order chi connectivity index (χ0) is 14.1. The lowest BCUT2D eigenvalue weighted by molar-refractivity contribution is -0.138. The molecule has 0 radical (unpaired) electrons. The van der Waals surface area contributed by atoms with Crippen LogP contribution >= 0.6 is 0 Å². The molecule has 0 saturated heterocycles. The van der Waals surface area contributed by atoms with Crippen molar-refractivity contribution >= 4 is 5.97 Å². The quantitative estimate of drug-likeness (QED) is 0.660. The fourth-order valence-electron chi connectivity index (χ4n) is 2.01.